The van der Waals surface area contributed by atoms with Crippen molar-refractivity contribution in [3.8, 4) is 17.1 Å². The summed E-state index contributed by atoms with van der Waals surface area (Å²) in [6, 6.07) is 7.56. The molecule has 6 nitrogen and oxygen atoms in total. The van der Waals surface area contributed by atoms with Gasteiger partial charge in [0.1, 0.15) is 5.75 Å². The van der Waals surface area contributed by atoms with E-state index in [1.54, 1.807) is 7.11 Å². The van der Waals surface area contributed by atoms with Crippen LogP contribution in [0, 0.1) is 5.41 Å². The van der Waals surface area contributed by atoms with E-state index >= 15 is 0 Å². The summed E-state index contributed by atoms with van der Waals surface area (Å²) >= 11 is 1.32. The predicted molar refractivity (Wildman–Crippen MR) is 96.2 cm³/mol. The van der Waals surface area contributed by atoms with E-state index in [0.717, 1.165) is 17.7 Å². The minimum absolute atomic E-state index is 0.0000440. The molecule has 1 aromatic carbocycles. The molecule has 0 fully saturated rings. The van der Waals surface area contributed by atoms with Crippen molar-refractivity contribution in [3.63, 3.8) is 0 Å². The molecule has 130 valence electrons. The number of methoxy groups -OCH3 is 1. The number of carbonyl (C=O) groups excluding carboxylic acids is 1. The Morgan fingerprint density at radius 2 is 2.00 bits per heavy atom. The summed E-state index contributed by atoms with van der Waals surface area (Å²) < 4.78 is 5.13. The molecule has 2 N–H and O–H groups in total. The molecular formula is C17H24N4O2S. The SMILES string of the molecule is COc1ccc(-c2nc(SCC(=O)NCCC(C)(C)C)n[nH]2)cc1. The van der Waals surface area contributed by atoms with Crippen molar-refractivity contribution in [3.05, 3.63) is 24.3 Å². The number of carbonyl (C=O) groups is 1. The van der Waals surface area contributed by atoms with Gasteiger partial charge in [0.15, 0.2) is 5.82 Å². The molecule has 1 amide bonds. The summed E-state index contributed by atoms with van der Waals surface area (Å²) in [6.45, 7) is 7.15. The summed E-state index contributed by atoms with van der Waals surface area (Å²) in [6.07, 6.45) is 0.950. The second-order valence-electron chi connectivity index (χ2n) is 6.64. The molecule has 0 radical (unpaired) electrons. The third-order valence-electron chi connectivity index (χ3n) is 3.36. The first kappa shape index (κ1) is 18.3. The highest BCUT2D eigenvalue weighted by Gasteiger charge is 2.12. The van der Waals surface area contributed by atoms with Crippen molar-refractivity contribution >= 4 is 17.7 Å². The average molecular weight is 348 g/mol. The van der Waals surface area contributed by atoms with Gasteiger partial charge < -0.3 is 10.1 Å². The van der Waals surface area contributed by atoms with Crippen LogP contribution in [0.15, 0.2) is 29.4 Å². The summed E-state index contributed by atoms with van der Waals surface area (Å²) in [4.78, 5) is 16.2. The molecule has 2 rings (SSSR count). The lowest BCUT2D eigenvalue weighted by Gasteiger charge is -2.17. The molecule has 0 unspecified atom stereocenters. The fourth-order valence-corrected chi connectivity index (χ4v) is 2.58. The Morgan fingerprint density at radius 3 is 2.62 bits per heavy atom. The maximum Gasteiger partial charge on any atom is 0.230 e. The number of benzene rings is 1. The van der Waals surface area contributed by atoms with E-state index < -0.39 is 0 Å². The van der Waals surface area contributed by atoms with Crippen molar-refractivity contribution in [2.75, 3.05) is 19.4 Å². The molecule has 0 bridgehead atoms. The van der Waals surface area contributed by atoms with Crippen molar-refractivity contribution in [1.82, 2.24) is 20.5 Å². The zero-order chi connectivity index (χ0) is 17.6. The number of thioether (sulfide) groups is 1. The Bertz CT molecular complexity index is 662. The summed E-state index contributed by atoms with van der Waals surface area (Å²) in [5, 5.41) is 10.5. The van der Waals surface area contributed by atoms with E-state index in [1.165, 1.54) is 11.8 Å². The Hall–Kier alpha value is -2.02. The lowest BCUT2D eigenvalue weighted by atomic mass is 9.92. The first-order valence-corrected chi connectivity index (χ1v) is 8.82. The molecule has 0 aliphatic carbocycles. The number of hydrogen-bond acceptors (Lipinski definition) is 5. The standard InChI is InChI=1S/C17H24N4O2S/c1-17(2,3)9-10-18-14(22)11-24-16-19-15(20-21-16)12-5-7-13(23-4)8-6-12/h5-8H,9-11H2,1-4H3,(H,18,22)(H,19,20,21). The zero-order valence-electron chi connectivity index (χ0n) is 14.5. The van der Waals surface area contributed by atoms with E-state index in [-0.39, 0.29) is 11.3 Å². The van der Waals surface area contributed by atoms with Crippen LogP contribution >= 0.6 is 11.8 Å². The molecular weight excluding hydrogens is 324 g/mol. The van der Waals surface area contributed by atoms with E-state index in [4.69, 9.17) is 4.74 Å². The Balaban J connectivity index is 1.82. The van der Waals surface area contributed by atoms with Gasteiger partial charge in [-0.3, -0.25) is 9.89 Å². The topological polar surface area (TPSA) is 79.9 Å². The largest absolute Gasteiger partial charge is 0.497 e. The molecule has 24 heavy (non-hydrogen) atoms. The van der Waals surface area contributed by atoms with Crippen molar-refractivity contribution in [2.45, 2.75) is 32.3 Å². The van der Waals surface area contributed by atoms with Gasteiger partial charge >= 0.3 is 0 Å². The van der Waals surface area contributed by atoms with E-state index in [9.17, 15) is 4.79 Å². The Morgan fingerprint density at radius 1 is 1.29 bits per heavy atom. The van der Waals surface area contributed by atoms with Crippen LogP contribution in [-0.2, 0) is 4.79 Å². The van der Waals surface area contributed by atoms with Crippen LogP contribution in [0.2, 0.25) is 0 Å². The van der Waals surface area contributed by atoms with Gasteiger partial charge in [0.2, 0.25) is 11.1 Å². The van der Waals surface area contributed by atoms with Crippen molar-refractivity contribution in [1.29, 1.82) is 0 Å². The van der Waals surface area contributed by atoms with Crippen LogP contribution in [-0.4, -0.2) is 40.5 Å². The van der Waals surface area contributed by atoms with Gasteiger partial charge in [0.25, 0.3) is 0 Å². The van der Waals surface area contributed by atoms with Gasteiger partial charge in [0.05, 0.1) is 12.9 Å². The monoisotopic (exact) mass is 348 g/mol. The molecule has 2 aromatic rings. The molecule has 0 saturated carbocycles. The molecule has 0 saturated heterocycles. The number of H-pyrrole nitrogens is 1. The molecule has 1 heterocycles. The molecule has 7 heteroatoms. The van der Waals surface area contributed by atoms with Gasteiger partial charge in [-0.2, -0.15) is 0 Å². The van der Waals surface area contributed by atoms with Crippen molar-refractivity contribution in [2.24, 2.45) is 5.41 Å². The number of rotatable bonds is 7. The Kier molecular flexibility index (Phi) is 6.25. The van der Waals surface area contributed by atoms with Gasteiger partial charge in [-0.25, -0.2) is 4.98 Å². The van der Waals surface area contributed by atoms with E-state index in [2.05, 4.69) is 41.3 Å². The minimum atomic E-state index is 0.0000440. The minimum Gasteiger partial charge on any atom is -0.497 e. The maximum atomic E-state index is 11.8. The number of aromatic amines is 1. The number of ether oxygens (including phenoxy) is 1. The number of hydrogen-bond donors (Lipinski definition) is 2. The lowest BCUT2D eigenvalue weighted by molar-refractivity contribution is -0.118. The molecule has 0 aliphatic heterocycles. The third-order valence-corrected chi connectivity index (χ3v) is 4.21. The highest BCUT2D eigenvalue weighted by Crippen LogP contribution is 2.21. The fourth-order valence-electron chi connectivity index (χ4n) is 1.95. The number of nitrogens with one attached hydrogen (secondary N) is 2. The maximum absolute atomic E-state index is 11.8. The highest BCUT2D eigenvalue weighted by atomic mass is 32.2. The molecule has 0 atom stereocenters. The fraction of sp³-hybridized carbons (Fsp3) is 0.471. The number of nitrogens with zero attached hydrogens (tertiary/aromatic N) is 2. The van der Waals surface area contributed by atoms with Gasteiger partial charge in [0, 0.05) is 12.1 Å². The van der Waals surface area contributed by atoms with Gasteiger partial charge in [-0.15, -0.1) is 5.10 Å². The smallest absolute Gasteiger partial charge is 0.230 e. The third kappa shape index (κ3) is 5.88. The van der Waals surface area contributed by atoms with Crippen LogP contribution in [0.1, 0.15) is 27.2 Å². The van der Waals surface area contributed by atoms with Crippen LogP contribution in [0.4, 0.5) is 0 Å². The average Bonchev–Trinajstić information content (AvgIpc) is 3.01. The first-order valence-electron chi connectivity index (χ1n) is 7.84. The second kappa shape index (κ2) is 8.19. The summed E-state index contributed by atoms with van der Waals surface area (Å²) in [5.41, 5.74) is 1.14. The quantitative estimate of drug-likeness (QED) is 0.752. The second-order valence-corrected chi connectivity index (χ2v) is 7.59. The lowest BCUT2D eigenvalue weighted by Crippen LogP contribution is -2.28. The summed E-state index contributed by atoms with van der Waals surface area (Å²) in [5.74, 6) is 1.78. The molecule has 0 aliphatic rings. The van der Waals surface area contributed by atoms with E-state index in [1.807, 2.05) is 24.3 Å². The first-order chi connectivity index (χ1) is 11.4. The van der Waals surface area contributed by atoms with Crippen LogP contribution in [0.25, 0.3) is 11.4 Å². The van der Waals surface area contributed by atoms with E-state index in [0.29, 0.717) is 23.3 Å². The van der Waals surface area contributed by atoms with Crippen LogP contribution in [0.5, 0.6) is 5.75 Å². The highest BCUT2D eigenvalue weighted by molar-refractivity contribution is 7.99. The molecule has 0 spiro atoms. The van der Waals surface area contributed by atoms with Crippen LogP contribution < -0.4 is 10.1 Å². The van der Waals surface area contributed by atoms with Crippen molar-refractivity contribution < 1.29 is 9.53 Å². The number of amides is 1. The normalized spacial score (nSPS) is 11.3. The Labute approximate surface area is 146 Å². The summed E-state index contributed by atoms with van der Waals surface area (Å²) in [7, 11) is 1.63. The van der Waals surface area contributed by atoms with Crippen LogP contribution in [0.3, 0.4) is 0 Å². The zero-order valence-corrected chi connectivity index (χ0v) is 15.4. The van der Waals surface area contributed by atoms with Gasteiger partial charge in [-0.05, 0) is 36.1 Å². The predicted octanol–water partition coefficient (Wildman–Crippen LogP) is 3.12. The van der Waals surface area contributed by atoms with Gasteiger partial charge in [-0.1, -0.05) is 32.5 Å². The molecule has 1 aromatic heterocycles. The number of aromatic nitrogens is 3.